The van der Waals surface area contributed by atoms with Crippen LogP contribution in [0.4, 0.5) is 17.3 Å². The van der Waals surface area contributed by atoms with Gasteiger partial charge in [-0.3, -0.25) is 4.79 Å². The summed E-state index contributed by atoms with van der Waals surface area (Å²) in [5.41, 5.74) is 3.01. The van der Waals surface area contributed by atoms with Gasteiger partial charge in [0.1, 0.15) is 11.3 Å². The van der Waals surface area contributed by atoms with Gasteiger partial charge < -0.3 is 20.0 Å². The van der Waals surface area contributed by atoms with Crippen molar-refractivity contribution >= 4 is 28.7 Å². The van der Waals surface area contributed by atoms with Crippen LogP contribution in [0.2, 0.25) is 0 Å². The first kappa shape index (κ1) is 21.4. The maximum atomic E-state index is 12.1. The second kappa shape index (κ2) is 9.19. The van der Waals surface area contributed by atoms with Crippen LogP contribution in [0.3, 0.4) is 0 Å². The zero-order valence-corrected chi connectivity index (χ0v) is 19.0. The molecule has 0 bridgehead atoms. The van der Waals surface area contributed by atoms with Crippen LogP contribution in [0.15, 0.2) is 49.3 Å². The van der Waals surface area contributed by atoms with Gasteiger partial charge in [-0.15, -0.1) is 5.10 Å². The molecule has 3 aromatic rings. The van der Waals surface area contributed by atoms with Crippen LogP contribution in [-0.2, 0) is 4.79 Å². The van der Waals surface area contributed by atoms with E-state index < -0.39 is 0 Å². The number of piperazine rings is 1. The van der Waals surface area contributed by atoms with Gasteiger partial charge >= 0.3 is 0 Å². The number of rotatable bonds is 5. The number of nitrogens with zero attached hydrogens (tertiary/aromatic N) is 7. The molecule has 1 unspecified atom stereocenters. The molecule has 0 aliphatic carbocycles. The lowest BCUT2D eigenvalue weighted by Crippen LogP contribution is -2.44. The van der Waals surface area contributed by atoms with Crippen LogP contribution in [-0.4, -0.2) is 81.6 Å². The minimum atomic E-state index is -0.0300. The van der Waals surface area contributed by atoms with Gasteiger partial charge in [-0.1, -0.05) is 6.58 Å². The first-order valence-electron chi connectivity index (χ1n) is 11.5. The number of carbonyl (C=O) groups is 1. The molecule has 0 radical (unpaired) electrons. The lowest BCUT2D eigenvalue weighted by Gasteiger charge is -2.34. The van der Waals surface area contributed by atoms with Gasteiger partial charge in [0.05, 0.1) is 12.4 Å². The molecule has 2 aliphatic rings. The van der Waals surface area contributed by atoms with Gasteiger partial charge in [0, 0.05) is 56.6 Å². The Morgan fingerprint density at radius 3 is 2.61 bits per heavy atom. The highest BCUT2D eigenvalue weighted by Crippen LogP contribution is 2.27. The molecule has 33 heavy (non-hydrogen) atoms. The number of imidazole rings is 1. The third kappa shape index (κ3) is 4.54. The SMILES string of the molecule is C=CC(=O)N1CCCC(c2ncc3cnc(Nc4ccc(N5CCN(C)CC5)cc4)nn23)C1. The topological polar surface area (TPSA) is 81.9 Å². The molecule has 1 amide bonds. The number of benzene rings is 1. The Morgan fingerprint density at radius 2 is 1.85 bits per heavy atom. The van der Waals surface area contributed by atoms with Crippen molar-refractivity contribution in [2.24, 2.45) is 0 Å². The molecule has 4 heterocycles. The number of anilines is 3. The van der Waals surface area contributed by atoms with Crippen molar-refractivity contribution in [3.63, 3.8) is 0 Å². The highest BCUT2D eigenvalue weighted by atomic mass is 16.2. The van der Waals surface area contributed by atoms with E-state index in [1.807, 2.05) is 9.42 Å². The molecular formula is C24H30N8O. The van der Waals surface area contributed by atoms with Crippen molar-refractivity contribution in [2.45, 2.75) is 18.8 Å². The van der Waals surface area contributed by atoms with E-state index in [4.69, 9.17) is 5.10 Å². The summed E-state index contributed by atoms with van der Waals surface area (Å²) in [4.78, 5) is 27.8. The number of aromatic nitrogens is 4. The standard InChI is InChI=1S/C24H30N8O/c1-3-22(33)31-10-4-5-18(17-31)23-25-15-21-16-26-24(28-32(21)23)27-19-6-8-20(9-7-19)30-13-11-29(2)12-14-30/h3,6-9,15-16,18H,1,4-5,10-14,17H2,2H3,(H,27,28). The summed E-state index contributed by atoms with van der Waals surface area (Å²) < 4.78 is 1.85. The molecule has 172 valence electrons. The van der Waals surface area contributed by atoms with Crippen molar-refractivity contribution in [1.82, 2.24) is 29.4 Å². The highest BCUT2D eigenvalue weighted by molar-refractivity contribution is 5.87. The second-order valence-corrected chi connectivity index (χ2v) is 8.82. The Balaban J connectivity index is 1.31. The molecule has 0 spiro atoms. The van der Waals surface area contributed by atoms with Crippen LogP contribution in [0.25, 0.3) is 5.52 Å². The summed E-state index contributed by atoms with van der Waals surface area (Å²) in [7, 11) is 2.16. The van der Waals surface area contributed by atoms with Crippen molar-refractivity contribution < 1.29 is 4.79 Å². The number of nitrogens with one attached hydrogen (secondary N) is 1. The fourth-order valence-electron chi connectivity index (χ4n) is 4.62. The number of fused-ring (bicyclic) bond motifs is 1. The normalized spacial score (nSPS) is 19.6. The number of likely N-dealkylation sites (N-methyl/N-ethyl adjacent to an activating group) is 1. The number of hydrogen-bond donors (Lipinski definition) is 1. The van der Waals surface area contributed by atoms with Gasteiger partial charge in [-0.05, 0) is 50.2 Å². The Kier molecular flexibility index (Phi) is 5.95. The minimum Gasteiger partial charge on any atom is -0.369 e. The van der Waals surface area contributed by atoms with Crippen LogP contribution in [0.1, 0.15) is 24.6 Å². The third-order valence-corrected chi connectivity index (χ3v) is 6.57. The average molecular weight is 447 g/mol. The molecule has 2 aliphatic heterocycles. The fraction of sp³-hybridized carbons (Fsp3) is 0.417. The molecule has 9 heteroatoms. The van der Waals surface area contributed by atoms with E-state index in [-0.39, 0.29) is 11.8 Å². The predicted molar refractivity (Wildman–Crippen MR) is 129 cm³/mol. The van der Waals surface area contributed by atoms with E-state index in [1.165, 1.54) is 11.8 Å². The maximum Gasteiger partial charge on any atom is 0.245 e. The van der Waals surface area contributed by atoms with Crippen molar-refractivity contribution in [3.8, 4) is 0 Å². The average Bonchev–Trinajstić information content (AvgIpc) is 3.28. The van der Waals surface area contributed by atoms with Crippen molar-refractivity contribution in [1.29, 1.82) is 0 Å². The lowest BCUT2D eigenvalue weighted by atomic mass is 9.97. The van der Waals surface area contributed by atoms with Crippen LogP contribution in [0, 0.1) is 0 Å². The monoisotopic (exact) mass is 446 g/mol. The van der Waals surface area contributed by atoms with E-state index in [0.717, 1.165) is 62.6 Å². The zero-order valence-electron chi connectivity index (χ0n) is 19.0. The largest absolute Gasteiger partial charge is 0.369 e. The zero-order chi connectivity index (χ0) is 22.8. The van der Waals surface area contributed by atoms with Gasteiger partial charge in [0.25, 0.3) is 0 Å². The number of hydrogen-bond acceptors (Lipinski definition) is 7. The molecule has 2 saturated heterocycles. The predicted octanol–water partition coefficient (Wildman–Crippen LogP) is 2.51. The van der Waals surface area contributed by atoms with Crippen LogP contribution >= 0.6 is 0 Å². The Morgan fingerprint density at radius 1 is 1.09 bits per heavy atom. The van der Waals surface area contributed by atoms with E-state index in [9.17, 15) is 4.79 Å². The third-order valence-electron chi connectivity index (χ3n) is 6.57. The summed E-state index contributed by atoms with van der Waals surface area (Å²) in [6.45, 7) is 9.26. The summed E-state index contributed by atoms with van der Waals surface area (Å²) >= 11 is 0. The molecule has 2 fully saturated rings. The molecular weight excluding hydrogens is 416 g/mol. The summed E-state index contributed by atoms with van der Waals surface area (Å²) in [6, 6.07) is 8.41. The van der Waals surface area contributed by atoms with E-state index in [2.05, 4.69) is 63.0 Å². The first-order valence-corrected chi connectivity index (χ1v) is 11.5. The smallest absolute Gasteiger partial charge is 0.245 e. The molecule has 0 saturated carbocycles. The summed E-state index contributed by atoms with van der Waals surface area (Å²) in [6.07, 6.45) is 6.86. The van der Waals surface area contributed by atoms with Crippen LogP contribution < -0.4 is 10.2 Å². The fourth-order valence-corrected chi connectivity index (χ4v) is 4.62. The van der Waals surface area contributed by atoms with Crippen LogP contribution in [0.5, 0.6) is 0 Å². The Hall–Kier alpha value is -3.46. The minimum absolute atomic E-state index is 0.0300. The quantitative estimate of drug-likeness (QED) is 0.603. The first-order chi connectivity index (χ1) is 16.1. The Bertz CT molecular complexity index is 1130. The number of piperidine rings is 1. The number of likely N-dealkylation sites (tertiary alicyclic amines) is 1. The van der Waals surface area contributed by atoms with Crippen molar-refractivity contribution in [3.05, 3.63) is 55.1 Å². The van der Waals surface area contributed by atoms with E-state index >= 15 is 0 Å². The number of amides is 1. The molecule has 2 aromatic heterocycles. The molecule has 1 N–H and O–H groups in total. The number of carbonyl (C=O) groups excluding carboxylic acids is 1. The van der Waals surface area contributed by atoms with E-state index in [1.54, 1.807) is 12.4 Å². The molecule has 9 nitrogen and oxygen atoms in total. The molecule has 1 atom stereocenters. The maximum absolute atomic E-state index is 12.1. The molecule has 5 rings (SSSR count). The second-order valence-electron chi connectivity index (χ2n) is 8.82. The van der Waals surface area contributed by atoms with Gasteiger partial charge in [-0.2, -0.15) is 0 Å². The summed E-state index contributed by atoms with van der Waals surface area (Å²) in [5, 5.41) is 8.02. The van der Waals surface area contributed by atoms with Gasteiger partial charge in [0.15, 0.2) is 0 Å². The highest BCUT2D eigenvalue weighted by Gasteiger charge is 2.27. The lowest BCUT2D eigenvalue weighted by molar-refractivity contribution is -0.127. The van der Waals surface area contributed by atoms with Gasteiger partial charge in [-0.25, -0.2) is 14.5 Å². The van der Waals surface area contributed by atoms with Crippen molar-refractivity contribution in [2.75, 3.05) is 56.5 Å². The van der Waals surface area contributed by atoms with Gasteiger partial charge in [0.2, 0.25) is 11.9 Å². The summed E-state index contributed by atoms with van der Waals surface area (Å²) in [5.74, 6) is 1.49. The molecule has 1 aromatic carbocycles. The van der Waals surface area contributed by atoms with E-state index in [0.29, 0.717) is 12.5 Å². The Labute approximate surface area is 193 Å².